The van der Waals surface area contributed by atoms with Gasteiger partial charge in [0.15, 0.2) is 5.82 Å². The van der Waals surface area contributed by atoms with Crippen molar-refractivity contribution in [1.29, 1.82) is 0 Å². The van der Waals surface area contributed by atoms with E-state index >= 15 is 0 Å². The van der Waals surface area contributed by atoms with E-state index in [1.807, 2.05) is 55.8 Å². The number of piperidine rings is 1. The van der Waals surface area contributed by atoms with Gasteiger partial charge in [-0.05, 0) is 51.7 Å². The molecule has 1 atom stereocenters. The minimum atomic E-state index is -0.307. The number of urea groups is 1. The summed E-state index contributed by atoms with van der Waals surface area (Å²) < 4.78 is 1.83. The normalized spacial score (nSPS) is 16.7. The standard InChI is InChI=1S/C19H26N4O2/c1-13-4-6-17(7-5-13)23-14(2)12-18(21-23)20-19(25)22-10-8-16(9-11-22)15(3)24/h4-7,12,15-16,24H,8-11H2,1-3H3,(H,20,21,25). The largest absolute Gasteiger partial charge is 0.393 e. The third kappa shape index (κ3) is 4.02. The van der Waals surface area contributed by atoms with Gasteiger partial charge in [-0.1, -0.05) is 17.7 Å². The van der Waals surface area contributed by atoms with Gasteiger partial charge >= 0.3 is 6.03 Å². The van der Waals surface area contributed by atoms with Gasteiger partial charge in [0.05, 0.1) is 11.8 Å². The number of benzene rings is 1. The molecule has 1 unspecified atom stereocenters. The summed E-state index contributed by atoms with van der Waals surface area (Å²) in [5, 5.41) is 17.1. The van der Waals surface area contributed by atoms with E-state index in [-0.39, 0.29) is 18.1 Å². The van der Waals surface area contributed by atoms with Crippen LogP contribution in [0.2, 0.25) is 0 Å². The Morgan fingerprint density at radius 2 is 1.88 bits per heavy atom. The summed E-state index contributed by atoms with van der Waals surface area (Å²) in [6, 6.07) is 9.86. The third-order valence-corrected chi connectivity index (χ3v) is 4.91. The highest BCUT2D eigenvalue weighted by Crippen LogP contribution is 2.21. The molecule has 3 rings (SSSR count). The Morgan fingerprint density at radius 3 is 2.48 bits per heavy atom. The number of rotatable bonds is 3. The summed E-state index contributed by atoms with van der Waals surface area (Å²) in [6.07, 6.45) is 1.36. The molecule has 25 heavy (non-hydrogen) atoms. The van der Waals surface area contributed by atoms with Gasteiger partial charge in [0.25, 0.3) is 0 Å². The van der Waals surface area contributed by atoms with Crippen LogP contribution >= 0.6 is 0 Å². The van der Waals surface area contributed by atoms with E-state index in [0.29, 0.717) is 18.9 Å². The Bertz CT molecular complexity index is 728. The lowest BCUT2D eigenvalue weighted by molar-refractivity contribution is 0.0820. The first-order chi connectivity index (χ1) is 11.9. The number of likely N-dealkylation sites (tertiary alicyclic amines) is 1. The first-order valence-corrected chi connectivity index (χ1v) is 8.82. The topological polar surface area (TPSA) is 70.4 Å². The molecule has 0 bridgehead atoms. The van der Waals surface area contributed by atoms with Crippen molar-refractivity contribution in [3.63, 3.8) is 0 Å². The highest BCUT2D eigenvalue weighted by molar-refractivity contribution is 5.88. The van der Waals surface area contributed by atoms with E-state index in [9.17, 15) is 9.90 Å². The lowest BCUT2D eigenvalue weighted by Gasteiger charge is -2.33. The molecule has 1 aromatic carbocycles. The van der Waals surface area contributed by atoms with Crippen LogP contribution in [0.15, 0.2) is 30.3 Å². The minimum absolute atomic E-state index is 0.127. The zero-order chi connectivity index (χ0) is 18.0. The van der Waals surface area contributed by atoms with Crippen LogP contribution < -0.4 is 5.32 Å². The molecule has 1 saturated heterocycles. The third-order valence-electron chi connectivity index (χ3n) is 4.91. The highest BCUT2D eigenvalue weighted by atomic mass is 16.3. The van der Waals surface area contributed by atoms with Crippen molar-refractivity contribution in [1.82, 2.24) is 14.7 Å². The molecule has 2 N–H and O–H groups in total. The number of aliphatic hydroxyl groups is 1. The number of amides is 2. The van der Waals surface area contributed by atoms with Gasteiger partial charge in [-0.15, -0.1) is 5.10 Å². The second-order valence-corrected chi connectivity index (χ2v) is 6.91. The molecule has 1 aliphatic rings. The van der Waals surface area contributed by atoms with E-state index in [1.165, 1.54) is 5.56 Å². The van der Waals surface area contributed by atoms with Crippen molar-refractivity contribution in [2.24, 2.45) is 5.92 Å². The SMILES string of the molecule is Cc1ccc(-n2nc(NC(=O)N3CCC(C(C)O)CC3)cc2C)cc1. The quantitative estimate of drug-likeness (QED) is 0.900. The first-order valence-electron chi connectivity index (χ1n) is 8.82. The number of nitrogens with one attached hydrogen (secondary N) is 1. The number of hydrogen-bond acceptors (Lipinski definition) is 3. The van der Waals surface area contributed by atoms with Crippen molar-refractivity contribution in [3.05, 3.63) is 41.6 Å². The maximum Gasteiger partial charge on any atom is 0.323 e. The summed E-state index contributed by atoms with van der Waals surface area (Å²) in [5.74, 6) is 0.841. The Kier molecular flexibility index (Phi) is 5.08. The Hall–Kier alpha value is -2.34. The molecule has 0 spiro atoms. The van der Waals surface area contributed by atoms with E-state index in [0.717, 1.165) is 24.2 Å². The number of aromatic nitrogens is 2. The van der Waals surface area contributed by atoms with Crippen LogP contribution in [-0.2, 0) is 0 Å². The lowest BCUT2D eigenvalue weighted by Crippen LogP contribution is -2.42. The molecule has 1 aromatic heterocycles. The van der Waals surface area contributed by atoms with E-state index < -0.39 is 0 Å². The number of carbonyl (C=O) groups excluding carboxylic acids is 1. The number of aliphatic hydroxyl groups excluding tert-OH is 1. The Morgan fingerprint density at radius 1 is 1.24 bits per heavy atom. The summed E-state index contributed by atoms with van der Waals surface area (Å²) in [7, 11) is 0. The van der Waals surface area contributed by atoms with Gasteiger partial charge in [-0.3, -0.25) is 5.32 Å². The molecule has 0 aliphatic carbocycles. The van der Waals surface area contributed by atoms with Crippen molar-refractivity contribution < 1.29 is 9.90 Å². The number of anilines is 1. The predicted octanol–water partition coefficient (Wildman–Crippen LogP) is 3.11. The van der Waals surface area contributed by atoms with Gasteiger partial charge in [-0.25, -0.2) is 9.48 Å². The average Bonchev–Trinajstić information content (AvgIpc) is 2.96. The van der Waals surface area contributed by atoms with Gasteiger partial charge in [-0.2, -0.15) is 0 Å². The van der Waals surface area contributed by atoms with Gasteiger partial charge in [0.2, 0.25) is 0 Å². The molecule has 2 amide bonds. The van der Waals surface area contributed by atoms with Crippen LogP contribution in [0.1, 0.15) is 31.0 Å². The maximum atomic E-state index is 12.4. The fourth-order valence-electron chi connectivity index (χ4n) is 3.26. The van der Waals surface area contributed by atoms with Crippen LogP contribution in [-0.4, -0.2) is 45.0 Å². The lowest BCUT2D eigenvalue weighted by atomic mass is 9.92. The second kappa shape index (κ2) is 7.27. The van der Waals surface area contributed by atoms with E-state index in [2.05, 4.69) is 10.4 Å². The number of nitrogens with zero attached hydrogens (tertiary/aromatic N) is 3. The van der Waals surface area contributed by atoms with Crippen LogP contribution in [0.25, 0.3) is 5.69 Å². The fourth-order valence-corrected chi connectivity index (χ4v) is 3.26. The van der Waals surface area contributed by atoms with Gasteiger partial charge in [0, 0.05) is 24.8 Å². The molecular weight excluding hydrogens is 316 g/mol. The van der Waals surface area contributed by atoms with Crippen LogP contribution in [0.5, 0.6) is 0 Å². The second-order valence-electron chi connectivity index (χ2n) is 6.91. The average molecular weight is 342 g/mol. The summed E-state index contributed by atoms with van der Waals surface area (Å²) in [5.41, 5.74) is 3.14. The van der Waals surface area contributed by atoms with Gasteiger partial charge < -0.3 is 10.0 Å². The van der Waals surface area contributed by atoms with E-state index in [4.69, 9.17) is 0 Å². The monoisotopic (exact) mass is 342 g/mol. The number of hydrogen-bond donors (Lipinski definition) is 2. The van der Waals surface area contributed by atoms with Crippen LogP contribution in [0.3, 0.4) is 0 Å². The number of carbonyl (C=O) groups is 1. The summed E-state index contributed by atoms with van der Waals surface area (Å²) in [4.78, 5) is 14.2. The summed E-state index contributed by atoms with van der Waals surface area (Å²) in [6.45, 7) is 7.17. The molecule has 1 aliphatic heterocycles. The van der Waals surface area contributed by atoms with Gasteiger partial charge in [0.1, 0.15) is 0 Å². The molecular formula is C19H26N4O2. The Labute approximate surface area is 148 Å². The molecule has 1 fully saturated rings. The van der Waals surface area contributed by atoms with Crippen molar-refractivity contribution in [2.45, 2.75) is 39.7 Å². The molecule has 6 heteroatoms. The molecule has 0 radical (unpaired) electrons. The molecule has 2 aromatic rings. The number of aryl methyl sites for hydroxylation is 2. The van der Waals surface area contributed by atoms with Crippen LogP contribution in [0.4, 0.5) is 10.6 Å². The van der Waals surface area contributed by atoms with Crippen molar-refractivity contribution in [3.8, 4) is 5.69 Å². The zero-order valence-electron chi connectivity index (χ0n) is 15.1. The Balaban J connectivity index is 1.65. The highest BCUT2D eigenvalue weighted by Gasteiger charge is 2.25. The zero-order valence-corrected chi connectivity index (χ0v) is 15.1. The smallest absolute Gasteiger partial charge is 0.323 e. The molecule has 134 valence electrons. The van der Waals surface area contributed by atoms with Crippen molar-refractivity contribution in [2.75, 3.05) is 18.4 Å². The molecule has 6 nitrogen and oxygen atoms in total. The first kappa shape index (κ1) is 17.5. The summed E-state index contributed by atoms with van der Waals surface area (Å²) >= 11 is 0. The maximum absolute atomic E-state index is 12.4. The van der Waals surface area contributed by atoms with E-state index in [1.54, 1.807) is 4.90 Å². The predicted molar refractivity (Wildman–Crippen MR) is 98.0 cm³/mol. The van der Waals surface area contributed by atoms with Crippen LogP contribution in [0, 0.1) is 19.8 Å². The fraction of sp³-hybridized carbons (Fsp3) is 0.474. The molecule has 0 saturated carbocycles. The molecule has 2 heterocycles. The minimum Gasteiger partial charge on any atom is -0.393 e. The van der Waals surface area contributed by atoms with Crippen molar-refractivity contribution >= 4 is 11.8 Å².